The van der Waals surface area contributed by atoms with E-state index in [1.165, 1.54) is 32.1 Å². The van der Waals surface area contributed by atoms with Crippen molar-refractivity contribution in [2.75, 3.05) is 6.54 Å². The van der Waals surface area contributed by atoms with Crippen LogP contribution in [0.5, 0.6) is 5.75 Å². The molecule has 1 fully saturated rings. The van der Waals surface area contributed by atoms with Crippen LogP contribution in [-0.2, 0) is 0 Å². The summed E-state index contributed by atoms with van der Waals surface area (Å²) in [5.41, 5.74) is 1.98. The van der Waals surface area contributed by atoms with Crippen LogP contribution in [0, 0.1) is 5.92 Å². The van der Waals surface area contributed by atoms with Gasteiger partial charge in [-0.2, -0.15) is 0 Å². The molecule has 2 N–H and O–H groups in total. The molecule has 0 spiro atoms. The minimum absolute atomic E-state index is 0.147. The van der Waals surface area contributed by atoms with Gasteiger partial charge in [0.25, 0.3) is 0 Å². The van der Waals surface area contributed by atoms with E-state index in [0.29, 0.717) is 0 Å². The van der Waals surface area contributed by atoms with Crippen LogP contribution in [0.25, 0.3) is 11.0 Å². The second-order valence-corrected chi connectivity index (χ2v) is 7.96. The number of nitrogens with zero attached hydrogens (tertiary/aromatic N) is 2. The van der Waals surface area contributed by atoms with Crippen molar-refractivity contribution in [1.29, 1.82) is 0 Å². The molecule has 0 bridgehead atoms. The molecule has 25 heavy (non-hydrogen) atoms. The zero-order chi connectivity index (χ0) is 17.4. The predicted octanol–water partition coefficient (Wildman–Crippen LogP) is 3.37. The molecule has 134 valence electrons. The summed E-state index contributed by atoms with van der Waals surface area (Å²) in [6.45, 7) is 4.79. The third kappa shape index (κ3) is 3.23. The number of hydrogen-bond acceptors (Lipinski definition) is 5. The van der Waals surface area contributed by atoms with Crippen molar-refractivity contribution in [2.45, 2.75) is 63.7 Å². The van der Waals surface area contributed by atoms with Crippen molar-refractivity contribution in [3.63, 3.8) is 0 Å². The molecule has 1 aromatic carbocycles. The van der Waals surface area contributed by atoms with Gasteiger partial charge in [-0.1, -0.05) is 25.7 Å². The first-order chi connectivity index (χ1) is 12.0. The summed E-state index contributed by atoms with van der Waals surface area (Å²) in [6, 6.07) is 3.80. The number of nitrogens with one attached hydrogen (secondary N) is 1. The Morgan fingerprint density at radius 2 is 1.84 bits per heavy atom. The maximum absolute atomic E-state index is 10.9. The lowest BCUT2D eigenvalue weighted by Gasteiger charge is -2.42. The van der Waals surface area contributed by atoms with Crippen molar-refractivity contribution >= 4 is 11.0 Å². The molecule has 2 aliphatic rings. The standard InChI is InChI=1S/C20H27N3O2/c1-20(2)19(24)18(23-8-7-13-5-3-4-6-13)14-11-15-16(12-17(14)25-20)22-10-9-21-15/h9-13,18-19,23-24H,3-8H2,1-2H3/t18-,19+/m0/s1. The lowest BCUT2D eigenvalue weighted by atomic mass is 9.86. The Labute approximate surface area is 148 Å². The van der Waals surface area contributed by atoms with Crippen molar-refractivity contribution < 1.29 is 9.84 Å². The molecule has 0 unspecified atom stereocenters. The predicted molar refractivity (Wildman–Crippen MR) is 97.6 cm³/mol. The fraction of sp³-hybridized carbons (Fsp3) is 0.600. The van der Waals surface area contributed by atoms with E-state index in [9.17, 15) is 5.11 Å². The fourth-order valence-electron chi connectivity index (χ4n) is 4.22. The summed E-state index contributed by atoms with van der Waals surface area (Å²) in [5, 5.41) is 14.5. The smallest absolute Gasteiger partial charge is 0.131 e. The van der Waals surface area contributed by atoms with E-state index < -0.39 is 11.7 Å². The molecule has 1 aromatic heterocycles. The van der Waals surface area contributed by atoms with Crippen molar-refractivity contribution in [3.05, 3.63) is 30.1 Å². The van der Waals surface area contributed by atoms with Gasteiger partial charge < -0.3 is 15.2 Å². The van der Waals surface area contributed by atoms with Crippen LogP contribution >= 0.6 is 0 Å². The number of ether oxygens (including phenoxy) is 1. The topological polar surface area (TPSA) is 67.3 Å². The Morgan fingerprint density at radius 3 is 2.56 bits per heavy atom. The molecule has 5 nitrogen and oxygen atoms in total. The zero-order valence-corrected chi connectivity index (χ0v) is 15.0. The van der Waals surface area contributed by atoms with Gasteiger partial charge in [0, 0.05) is 24.0 Å². The van der Waals surface area contributed by atoms with Gasteiger partial charge in [-0.3, -0.25) is 9.97 Å². The normalized spacial score (nSPS) is 25.7. The van der Waals surface area contributed by atoms with Gasteiger partial charge in [-0.05, 0) is 38.8 Å². The van der Waals surface area contributed by atoms with E-state index >= 15 is 0 Å². The summed E-state index contributed by atoms with van der Waals surface area (Å²) in [7, 11) is 0. The van der Waals surface area contributed by atoms with Crippen molar-refractivity contribution in [3.8, 4) is 5.75 Å². The molecular weight excluding hydrogens is 314 g/mol. The highest BCUT2D eigenvalue weighted by atomic mass is 16.5. The fourth-order valence-corrected chi connectivity index (χ4v) is 4.22. The molecule has 4 rings (SSSR count). The second kappa shape index (κ2) is 6.54. The zero-order valence-electron chi connectivity index (χ0n) is 15.0. The molecule has 0 saturated heterocycles. The highest BCUT2D eigenvalue weighted by molar-refractivity contribution is 5.77. The molecule has 2 heterocycles. The molecule has 1 saturated carbocycles. The largest absolute Gasteiger partial charge is 0.485 e. The van der Waals surface area contributed by atoms with Crippen molar-refractivity contribution in [1.82, 2.24) is 15.3 Å². The summed E-state index contributed by atoms with van der Waals surface area (Å²) in [5.74, 6) is 1.63. The summed E-state index contributed by atoms with van der Waals surface area (Å²) >= 11 is 0. The molecule has 2 atom stereocenters. The van der Waals surface area contributed by atoms with E-state index in [-0.39, 0.29) is 6.04 Å². The van der Waals surface area contributed by atoms with Gasteiger partial charge in [0.2, 0.25) is 0 Å². The van der Waals surface area contributed by atoms with E-state index in [4.69, 9.17) is 4.74 Å². The molecule has 1 aliphatic carbocycles. The average molecular weight is 341 g/mol. The first-order valence-corrected chi connectivity index (χ1v) is 9.40. The van der Waals surface area contributed by atoms with Crippen LogP contribution in [0.3, 0.4) is 0 Å². The molecule has 5 heteroatoms. The summed E-state index contributed by atoms with van der Waals surface area (Å²) < 4.78 is 6.09. The third-order valence-corrected chi connectivity index (χ3v) is 5.73. The van der Waals surface area contributed by atoms with Gasteiger partial charge >= 0.3 is 0 Å². The molecule has 0 amide bonds. The Hall–Kier alpha value is -1.72. The third-order valence-electron chi connectivity index (χ3n) is 5.73. The number of aliphatic hydroxyl groups excluding tert-OH is 1. The highest BCUT2D eigenvalue weighted by Gasteiger charge is 2.43. The maximum Gasteiger partial charge on any atom is 0.131 e. The number of fused-ring (bicyclic) bond motifs is 2. The number of aliphatic hydroxyl groups is 1. The van der Waals surface area contributed by atoms with Gasteiger partial charge in [0.15, 0.2) is 0 Å². The molecule has 2 aromatic rings. The first-order valence-electron chi connectivity index (χ1n) is 9.40. The number of hydrogen-bond donors (Lipinski definition) is 2. The molecule has 1 aliphatic heterocycles. The quantitative estimate of drug-likeness (QED) is 0.892. The van der Waals surface area contributed by atoms with Crippen molar-refractivity contribution in [2.24, 2.45) is 5.92 Å². The summed E-state index contributed by atoms with van der Waals surface area (Å²) in [6.07, 6.45) is 9.37. The highest BCUT2D eigenvalue weighted by Crippen LogP contribution is 2.41. The van der Waals surface area contributed by atoms with Crippen LogP contribution < -0.4 is 10.1 Å². The lowest BCUT2D eigenvalue weighted by molar-refractivity contribution is -0.0645. The number of benzene rings is 1. The van der Waals surface area contributed by atoms with E-state index in [1.807, 2.05) is 26.0 Å². The van der Waals surface area contributed by atoms with E-state index in [1.54, 1.807) is 12.4 Å². The lowest BCUT2D eigenvalue weighted by Crippen LogP contribution is -2.52. The minimum atomic E-state index is -0.645. The van der Waals surface area contributed by atoms with Gasteiger partial charge in [0.1, 0.15) is 17.5 Å². The van der Waals surface area contributed by atoms with Crippen LogP contribution in [0.15, 0.2) is 24.5 Å². The summed E-state index contributed by atoms with van der Waals surface area (Å²) in [4.78, 5) is 8.77. The Kier molecular flexibility index (Phi) is 4.38. The Balaban J connectivity index is 1.61. The average Bonchev–Trinajstić information content (AvgIpc) is 3.10. The van der Waals surface area contributed by atoms with Crippen LogP contribution in [0.4, 0.5) is 0 Å². The first kappa shape index (κ1) is 16.7. The Morgan fingerprint density at radius 1 is 1.16 bits per heavy atom. The van der Waals surface area contributed by atoms with Crippen LogP contribution in [-0.4, -0.2) is 33.3 Å². The second-order valence-electron chi connectivity index (χ2n) is 7.96. The van der Waals surface area contributed by atoms with Gasteiger partial charge in [0.05, 0.1) is 17.1 Å². The monoisotopic (exact) mass is 341 g/mol. The number of rotatable bonds is 4. The number of aromatic nitrogens is 2. The molecular formula is C20H27N3O2. The van der Waals surface area contributed by atoms with Gasteiger partial charge in [-0.15, -0.1) is 0 Å². The van der Waals surface area contributed by atoms with Crippen LogP contribution in [0.1, 0.15) is 57.6 Å². The van der Waals surface area contributed by atoms with E-state index in [2.05, 4.69) is 15.3 Å². The van der Waals surface area contributed by atoms with Crippen LogP contribution in [0.2, 0.25) is 0 Å². The Bertz CT molecular complexity index is 756. The van der Waals surface area contributed by atoms with E-state index in [0.717, 1.165) is 34.8 Å². The van der Waals surface area contributed by atoms with Gasteiger partial charge in [-0.25, -0.2) is 0 Å². The minimum Gasteiger partial charge on any atom is -0.485 e. The molecule has 0 radical (unpaired) electrons. The SMILES string of the molecule is CC1(C)Oc2cc3nccnc3cc2[C@H](NCCC2CCCC2)[C@H]1O. The maximum atomic E-state index is 10.9.